The minimum atomic E-state index is -0.396. The average Bonchev–Trinajstić information content (AvgIpc) is 3.02. The van der Waals surface area contributed by atoms with E-state index in [1.807, 2.05) is 28.5 Å². The minimum Gasteiger partial charge on any atom is -0.358 e. The number of aromatic amines is 1. The number of anilines is 1. The van der Waals surface area contributed by atoms with Crippen LogP contribution in [-0.4, -0.2) is 42.5 Å². The van der Waals surface area contributed by atoms with Crippen molar-refractivity contribution in [1.82, 2.24) is 29.4 Å². The first-order valence-corrected chi connectivity index (χ1v) is 8.27. The molecule has 0 saturated carbocycles. The van der Waals surface area contributed by atoms with Crippen molar-refractivity contribution >= 4 is 11.5 Å². The predicted molar refractivity (Wildman–Crippen MR) is 92.0 cm³/mol. The molecule has 9 nitrogen and oxygen atoms in total. The highest BCUT2D eigenvalue weighted by atomic mass is 16.2. The maximum atomic E-state index is 11.8. The summed E-state index contributed by atoms with van der Waals surface area (Å²) in [6.07, 6.45) is 1.71. The molecule has 1 aliphatic rings. The van der Waals surface area contributed by atoms with Gasteiger partial charge in [0.1, 0.15) is 5.82 Å². The second-order valence-corrected chi connectivity index (χ2v) is 6.42. The van der Waals surface area contributed by atoms with Crippen molar-refractivity contribution in [2.75, 3.05) is 18.0 Å². The molecule has 1 fully saturated rings. The van der Waals surface area contributed by atoms with Crippen LogP contribution in [0.5, 0.6) is 0 Å². The van der Waals surface area contributed by atoms with Gasteiger partial charge in [0.25, 0.3) is 5.56 Å². The molecular weight excluding hydrogens is 322 g/mol. The van der Waals surface area contributed by atoms with E-state index in [4.69, 9.17) is 0 Å². The van der Waals surface area contributed by atoms with E-state index in [0.29, 0.717) is 5.82 Å². The molecular formula is C16H19N7O2. The Bertz CT molecular complexity index is 1010. The van der Waals surface area contributed by atoms with E-state index in [1.165, 1.54) is 13.1 Å². The zero-order valence-corrected chi connectivity index (χ0v) is 14.1. The molecule has 0 aliphatic carbocycles. The zero-order valence-electron chi connectivity index (χ0n) is 14.1. The molecule has 130 valence electrons. The number of fused-ring (bicyclic) bond motifs is 1. The Morgan fingerprint density at radius 2 is 1.92 bits per heavy atom. The zero-order chi connectivity index (χ0) is 17.6. The molecule has 0 spiro atoms. The third-order valence-corrected chi connectivity index (χ3v) is 4.75. The van der Waals surface area contributed by atoms with E-state index in [9.17, 15) is 9.59 Å². The van der Waals surface area contributed by atoms with Crippen molar-refractivity contribution in [3.05, 3.63) is 50.6 Å². The Morgan fingerprint density at radius 1 is 1.16 bits per heavy atom. The van der Waals surface area contributed by atoms with Crippen LogP contribution < -0.4 is 16.1 Å². The molecule has 1 N–H and O–H groups in total. The summed E-state index contributed by atoms with van der Waals surface area (Å²) in [4.78, 5) is 28.4. The fourth-order valence-corrected chi connectivity index (χ4v) is 3.24. The number of nitrogens with zero attached hydrogens (tertiary/aromatic N) is 6. The number of hydrogen-bond acceptors (Lipinski definition) is 6. The van der Waals surface area contributed by atoms with Crippen LogP contribution in [0.3, 0.4) is 0 Å². The monoisotopic (exact) mass is 341 g/mol. The molecule has 4 rings (SSSR count). The van der Waals surface area contributed by atoms with Gasteiger partial charge in [0.05, 0.1) is 5.69 Å². The summed E-state index contributed by atoms with van der Waals surface area (Å²) in [5, 5.41) is 13.0. The highest BCUT2D eigenvalue weighted by molar-refractivity contribution is 5.39. The highest BCUT2D eigenvalue weighted by Gasteiger charge is 2.26. The fourth-order valence-electron chi connectivity index (χ4n) is 3.24. The number of aryl methyl sites for hydroxylation is 1. The molecule has 0 unspecified atom stereocenters. The second-order valence-electron chi connectivity index (χ2n) is 6.42. The Balaban J connectivity index is 1.56. The third-order valence-electron chi connectivity index (χ3n) is 4.75. The van der Waals surface area contributed by atoms with Crippen LogP contribution in [0.4, 0.5) is 5.82 Å². The number of H-pyrrole nitrogens is 1. The van der Waals surface area contributed by atoms with Gasteiger partial charge in [0.2, 0.25) is 0 Å². The molecule has 0 aromatic carbocycles. The van der Waals surface area contributed by atoms with Gasteiger partial charge < -0.3 is 4.90 Å². The predicted octanol–water partition coefficient (Wildman–Crippen LogP) is 0.204. The summed E-state index contributed by atoms with van der Waals surface area (Å²) < 4.78 is 2.88. The molecule has 3 aromatic rings. The Labute approximate surface area is 142 Å². The number of piperidine rings is 1. The van der Waals surface area contributed by atoms with Gasteiger partial charge in [0.15, 0.2) is 11.5 Å². The normalized spacial score (nSPS) is 15.8. The summed E-state index contributed by atoms with van der Waals surface area (Å²) in [6, 6.07) is 5.31. The summed E-state index contributed by atoms with van der Waals surface area (Å²) >= 11 is 0. The van der Waals surface area contributed by atoms with Gasteiger partial charge in [-0.3, -0.25) is 14.3 Å². The lowest BCUT2D eigenvalue weighted by molar-refractivity contribution is 0.473. The van der Waals surface area contributed by atoms with Gasteiger partial charge in [-0.1, -0.05) is 0 Å². The lowest BCUT2D eigenvalue weighted by Crippen LogP contribution is -2.39. The minimum absolute atomic E-state index is 0.249. The van der Waals surface area contributed by atoms with E-state index >= 15 is 0 Å². The molecule has 1 aliphatic heterocycles. The SMILES string of the molecule is Cc1ccc2nnc(C3CCN(c4cc(=O)n(C)c(=O)[nH]4)CC3)n2n1. The van der Waals surface area contributed by atoms with E-state index in [1.54, 1.807) is 0 Å². The Hall–Kier alpha value is -2.97. The first kappa shape index (κ1) is 15.6. The van der Waals surface area contributed by atoms with Gasteiger partial charge >= 0.3 is 5.69 Å². The van der Waals surface area contributed by atoms with Crippen LogP contribution in [0.25, 0.3) is 5.65 Å². The quantitative estimate of drug-likeness (QED) is 0.715. The van der Waals surface area contributed by atoms with E-state index in [2.05, 4.69) is 20.3 Å². The Kier molecular flexibility index (Phi) is 3.63. The summed E-state index contributed by atoms with van der Waals surface area (Å²) in [6.45, 7) is 3.40. The molecule has 0 amide bonds. The number of hydrogen-bond donors (Lipinski definition) is 1. The summed E-state index contributed by atoms with van der Waals surface area (Å²) in [7, 11) is 1.46. The van der Waals surface area contributed by atoms with Crippen molar-refractivity contribution in [2.24, 2.45) is 7.05 Å². The van der Waals surface area contributed by atoms with Crippen molar-refractivity contribution in [3.63, 3.8) is 0 Å². The van der Waals surface area contributed by atoms with E-state index < -0.39 is 5.69 Å². The van der Waals surface area contributed by atoms with E-state index in [0.717, 1.165) is 47.7 Å². The van der Waals surface area contributed by atoms with Crippen LogP contribution in [0.1, 0.15) is 30.3 Å². The topological polar surface area (TPSA) is 101 Å². The van der Waals surface area contributed by atoms with Crippen molar-refractivity contribution in [2.45, 2.75) is 25.7 Å². The van der Waals surface area contributed by atoms with E-state index in [-0.39, 0.29) is 11.5 Å². The first-order chi connectivity index (χ1) is 12.0. The molecule has 0 atom stereocenters. The van der Waals surface area contributed by atoms with Gasteiger partial charge in [-0.2, -0.15) is 9.61 Å². The molecule has 0 bridgehead atoms. The molecule has 1 saturated heterocycles. The summed E-state index contributed by atoms with van der Waals surface area (Å²) in [5.41, 5.74) is 0.972. The maximum absolute atomic E-state index is 11.8. The van der Waals surface area contributed by atoms with Gasteiger partial charge in [-0.25, -0.2) is 4.79 Å². The van der Waals surface area contributed by atoms with Crippen molar-refractivity contribution in [1.29, 1.82) is 0 Å². The molecule has 9 heteroatoms. The number of aromatic nitrogens is 6. The number of rotatable bonds is 2. The highest BCUT2D eigenvalue weighted by Crippen LogP contribution is 2.28. The smallest absolute Gasteiger partial charge is 0.329 e. The lowest BCUT2D eigenvalue weighted by Gasteiger charge is -2.32. The van der Waals surface area contributed by atoms with Crippen LogP contribution in [0.2, 0.25) is 0 Å². The van der Waals surface area contributed by atoms with Crippen molar-refractivity contribution < 1.29 is 0 Å². The second kappa shape index (κ2) is 5.83. The van der Waals surface area contributed by atoms with Gasteiger partial charge in [0, 0.05) is 32.1 Å². The van der Waals surface area contributed by atoms with Crippen LogP contribution in [-0.2, 0) is 7.05 Å². The van der Waals surface area contributed by atoms with Gasteiger partial charge in [-0.15, -0.1) is 10.2 Å². The molecule has 4 heterocycles. The number of nitrogens with one attached hydrogen (secondary N) is 1. The molecule has 0 radical (unpaired) electrons. The average molecular weight is 341 g/mol. The maximum Gasteiger partial charge on any atom is 0.329 e. The Morgan fingerprint density at radius 3 is 2.64 bits per heavy atom. The lowest BCUT2D eigenvalue weighted by atomic mass is 9.96. The fraction of sp³-hybridized carbons (Fsp3) is 0.438. The van der Waals surface area contributed by atoms with Crippen molar-refractivity contribution in [3.8, 4) is 0 Å². The van der Waals surface area contributed by atoms with Crippen LogP contribution in [0.15, 0.2) is 27.8 Å². The molecule has 3 aromatic heterocycles. The van der Waals surface area contributed by atoms with Crippen LogP contribution in [0, 0.1) is 6.92 Å². The molecule has 25 heavy (non-hydrogen) atoms. The van der Waals surface area contributed by atoms with Crippen LogP contribution >= 0.6 is 0 Å². The largest absolute Gasteiger partial charge is 0.358 e. The first-order valence-electron chi connectivity index (χ1n) is 8.27. The standard InChI is InChI=1S/C16H19N7O2/c1-10-3-4-12-18-19-15(23(12)20-10)11-5-7-22(8-6-11)13-9-14(24)21(2)16(25)17-13/h3-4,9,11H,5-8H2,1-2H3,(H,17,25). The summed E-state index contributed by atoms with van der Waals surface area (Å²) in [5.74, 6) is 1.70. The van der Waals surface area contributed by atoms with Gasteiger partial charge in [-0.05, 0) is 31.9 Å². The third kappa shape index (κ3) is 2.71.